The smallest absolute Gasteiger partial charge is 0.0521 e. The molecule has 0 atom stereocenters. The highest BCUT2D eigenvalue weighted by Gasteiger charge is 2.25. The Bertz CT molecular complexity index is 182. The molecule has 0 aliphatic heterocycles. The molecule has 0 aliphatic carbocycles. The summed E-state index contributed by atoms with van der Waals surface area (Å²) in [7, 11) is 0. The average molecular weight is 168 g/mol. The van der Waals surface area contributed by atoms with Crippen LogP contribution >= 0.6 is 0 Å². The van der Waals surface area contributed by atoms with Gasteiger partial charge in [-0.25, -0.2) is 0 Å². The zero-order valence-corrected chi connectivity index (χ0v) is 7.51. The van der Waals surface area contributed by atoms with Crippen molar-refractivity contribution in [3.63, 3.8) is 0 Å². The van der Waals surface area contributed by atoms with Crippen molar-refractivity contribution in [1.82, 2.24) is 0 Å². The molecule has 68 valence electrons. The van der Waals surface area contributed by atoms with Crippen LogP contribution in [0, 0.1) is 17.3 Å². The van der Waals surface area contributed by atoms with Crippen molar-refractivity contribution in [2.75, 3.05) is 13.2 Å². The van der Waals surface area contributed by atoms with Crippen molar-refractivity contribution in [3.05, 3.63) is 12.7 Å². The Morgan fingerprint density at radius 2 is 2.00 bits per heavy atom. The largest absolute Gasteiger partial charge is 0.396 e. The first-order chi connectivity index (χ1) is 5.74. The molecule has 0 heterocycles. The first kappa shape index (κ1) is 11.2. The van der Waals surface area contributed by atoms with Gasteiger partial charge in [0.1, 0.15) is 0 Å². The predicted octanol–water partition coefficient (Wildman–Crippen LogP) is 0.947. The number of rotatable bonds is 5. The van der Waals surface area contributed by atoms with Crippen LogP contribution in [-0.4, -0.2) is 23.4 Å². The lowest BCUT2D eigenvalue weighted by Gasteiger charge is -2.25. The van der Waals surface area contributed by atoms with Crippen LogP contribution in [0.25, 0.3) is 0 Å². The number of hydrogen-bond donors (Lipinski definition) is 2. The molecule has 12 heavy (non-hydrogen) atoms. The second-order valence-electron chi connectivity index (χ2n) is 2.91. The lowest BCUT2D eigenvalue weighted by Crippen LogP contribution is -2.28. The van der Waals surface area contributed by atoms with Gasteiger partial charge >= 0.3 is 0 Å². The number of allylic oxidation sites excluding steroid dienone is 1. The van der Waals surface area contributed by atoms with Gasteiger partial charge in [0.05, 0.1) is 13.2 Å². The molecular weight excluding hydrogens is 152 g/mol. The minimum absolute atomic E-state index is 0.0514. The molecule has 0 radical (unpaired) electrons. The average Bonchev–Trinajstić information content (AvgIpc) is 2.13. The van der Waals surface area contributed by atoms with Crippen LogP contribution in [0.4, 0.5) is 0 Å². The van der Waals surface area contributed by atoms with E-state index in [1.807, 2.05) is 0 Å². The van der Waals surface area contributed by atoms with Crippen molar-refractivity contribution >= 4 is 0 Å². The van der Waals surface area contributed by atoms with Crippen LogP contribution in [0.15, 0.2) is 12.7 Å². The molecule has 0 aromatic heterocycles. The standard InChI is InChI=1S/C10H16O2/c1-3-5-7-10(8-11,9-12)6-4-2/h4,11-12H,2,6-9H2,1H3. The van der Waals surface area contributed by atoms with E-state index >= 15 is 0 Å². The summed E-state index contributed by atoms with van der Waals surface area (Å²) in [5.74, 6) is 5.60. The highest BCUT2D eigenvalue weighted by molar-refractivity contribution is 5.02. The summed E-state index contributed by atoms with van der Waals surface area (Å²) in [5.41, 5.74) is -0.495. The van der Waals surface area contributed by atoms with Gasteiger partial charge in [-0.05, 0) is 13.3 Å². The molecule has 0 unspecified atom stereocenters. The summed E-state index contributed by atoms with van der Waals surface area (Å²) in [5, 5.41) is 18.1. The zero-order valence-electron chi connectivity index (χ0n) is 7.51. The van der Waals surface area contributed by atoms with E-state index in [0.29, 0.717) is 12.8 Å². The lowest BCUT2D eigenvalue weighted by molar-refractivity contribution is 0.0611. The van der Waals surface area contributed by atoms with Crippen molar-refractivity contribution in [1.29, 1.82) is 0 Å². The molecular formula is C10H16O2. The van der Waals surface area contributed by atoms with Crippen molar-refractivity contribution < 1.29 is 10.2 Å². The molecule has 0 amide bonds. The van der Waals surface area contributed by atoms with E-state index in [2.05, 4.69) is 18.4 Å². The summed E-state index contributed by atoms with van der Waals surface area (Å²) < 4.78 is 0. The molecule has 2 heteroatoms. The lowest BCUT2D eigenvalue weighted by atomic mass is 9.83. The van der Waals surface area contributed by atoms with Gasteiger partial charge in [0, 0.05) is 11.8 Å². The third-order valence-electron chi connectivity index (χ3n) is 1.89. The van der Waals surface area contributed by atoms with Gasteiger partial charge in [-0.3, -0.25) is 0 Å². The molecule has 0 fully saturated rings. The molecule has 0 rings (SSSR count). The fourth-order valence-corrected chi connectivity index (χ4v) is 0.945. The zero-order chi connectivity index (χ0) is 9.45. The fraction of sp³-hybridized carbons (Fsp3) is 0.600. The Hall–Kier alpha value is -0.780. The third kappa shape index (κ3) is 3.08. The fourth-order valence-electron chi connectivity index (χ4n) is 0.945. The second kappa shape index (κ2) is 5.82. The number of hydrogen-bond acceptors (Lipinski definition) is 2. The van der Waals surface area contributed by atoms with Crippen molar-refractivity contribution in [2.24, 2.45) is 5.41 Å². The van der Waals surface area contributed by atoms with E-state index in [1.54, 1.807) is 13.0 Å². The maximum Gasteiger partial charge on any atom is 0.0521 e. The third-order valence-corrected chi connectivity index (χ3v) is 1.89. The first-order valence-corrected chi connectivity index (χ1v) is 3.97. The van der Waals surface area contributed by atoms with Gasteiger partial charge in [-0.1, -0.05) is 6.08 Å². The summed E-state index contributed by atoms with van der Waals surface area (Å²) in [6.45, 7) is 5.22. The van der Waals surface area contributed by atoms with Crippen LogP contribution in [0.1, 0.15) is 19.8 Å². The van der Waals surface area contributed by atoms with Crippen LogP contribution < -0.4 is 0 Å². The topological polar surface area (TPSA) is 40.5 Å². The second-order valence-corrected chi connectivity index (χ2v) is 2.91. The first-order valence-electron chi connectivity index (χ1n) is 3.97. The van der Waals surface area contributed by atoms with E-state index in [4.69, 9.17) is 10.2 Å². The van der Waals surface area contributed by atoms with Crippen molar-refractivity contribution in [3.8, 4) is 11.8 Å². The van der Waals surface area contributed by atoms with Gasteiger partial charge in [0.2, 0.25) is 0 Å². The van der Waals surface area contributed by atoms with Gasteiger partial charge < -0.3 is 10.2 Å². The molecule has 0 aliphatic rings. The Morgan fingerprint density at radius 3 is 2.33 bits per heavy atom. The molecule has 0 bridgehead atoms. The molecule has 0 saturated carbocycles. The highest BCUT2D eigenvalue weighted by Crippen LogP contribution is 2.25. The molecule has 0 spiro atoms. The quantitative estimate of drug-likeness (QED) is 0.474. The maximum atomic E-state index is 9.06. The number of aliphatic hydroxyl groups is 2. The Labute approximate surface area is 73.9 Å². The van der Waals surface area contributed by atoms with Crippen molar-refractivity contribution in [2.45, 2.75) is 19.8 Å². The summed E-state index contributed by atoms with van der Waals surface area (Å²) in [6.07, 6.45) is 2.81. The van der Waals surface area contributed by atoms with E-state index < -0.39 is 5.41 Å². The van der Waals surface area contributed by atoms with E-state index in [1.165, 1.54) is 0 Å². The minimum Gasteiger partial charge on any atom is -0.396 e. The maximum absolute atomic E-state index is 9.06. The van der Waals surface area contributed by atoms with Gasteiger partial charge in [-0.2, -0.15) is 0 Å². The van der Waals surface area contributed by atoms with Crippen LogP contribution in [0.2, 0.25) is 0 Å². The van der Waals surface area contributed by atoms with E-state index in [9.17, 15) is 0 Å². The molecule has 0 aromatic carbocycles. The van der Waals surface area contributed by atoms with Crippen LogP contribution in [0.5, 0.6) is 0 Å². The molecule has 2 nitrogen and oxygen atoms in total. The summed E-state index contributed by atoms with van der Waals surface area (Å²) >= 11 is 0. The van der Waals surface area contributed by atoms with E-state index in [-0.39, 0.29) is 13.2 Å². The summed E-state index contributed by atoms with van der Waals surface area (Å²) in [4.78, 5) is 0. The number of aliphatic hydroxyl groups excluding tert-OH is 2. The summed E-state index contributed by atoms with van der Waals surface area (Å²) in [6, 6.07) is 0. The Kier molecular flexibility index (Phi) is 5.44. The van der Waals surface area contributed by atoms with Gasteiger partial charge in [0.25, 0.3) is 0 Å². The Morgan fingerprint density at radius 1 is 1.42 bits per heavy atom. The highest BCUT2D eigenvalue weighted by atomic mass is 16.3. The monoisotopic (exact) mass is 168 g/mol. The Balaban J connectivity index is 4.29. The van der Waals surface area contributed by atoms with E-state index in [0.717, 1.165) is 0 Å². The predicted molar refractivity (Wildman–Crippen MR) is 49.5 cm³/mol. The molecule has 0 aromatic rings. The molecule has 0 saturated heterocycles. The van der Waals surface area contributed by atoms with Gasteiger partial charge in [0.15, 0.2) is 0 Å². The van der Waals surface area contributed by atoms with Crippen LogP contribution in [0.3, 0.4) is 0 Å². The van der Waals surface area contributed by atoms with Crippen LogP contribution in [-0.2, 0) is 0 Å². The molecule has 2 N–H and O–H groups in total. The minimum atomic E-state index is -0.495. The SMILES string of the molecule is C=CCC(CO)(CO)CC#CC. The normalized spacial score (nSPS) is 10.2. The van der Waals surface area contributed by atoms with Gasteiger partial charge in [-0.15, -0.1) is 18.4 Å².